The first-order valence-corrected chi connectivity index (χ1v) is 9.13. The Morgan fingerprint density at radius 1 is 1.08 bits per heavy atom. The van der Waals surface area contributed by atoms with Crippen molar-refractivity contribution < 1.29 is 22.7 Å². The van der Waals surface area contributed by atoms with E-state index in [1.807, 2.05) is 4.72 Å². The van der Waals surface area contributed by atoms with Crippen LogP contribution in [0.3, 0.4) is 0 Å². The molecule has 138 valence electrons. The van der Waals surface area contributed by atoms with Crippen molar-refractivity contribution >= 4 is 27.6 Å². The number of benzene rings is 1. The summed E-state index contributed by atoms with van der Waals surface area (Å²) in [5.74, 6) is -0.520. The second-order valence-electron chi connectivity index (χ2n) is 5.19. The number of amides is 3. The largest absolute Gasteiger partial charge is 0.496 e. The van der Waals surface area contributed by atoms with Crippen molar-refractivity contribution in [1.82, 2.24) is 10.0 Å². The van der Waals surface area contributed by atoms with E-state index in [2.05, 4.69) is 10.6 Å². The minimum absolute atomic E-state index is 0.110. The summed E-state index contributed by atoms with van der Waals surface area (Å²) in [5, 5.41) is 4.89. The molecule has 1 aliphatic rings. The van der Waals surface area contributed by atoms with Gasteiger partial charge in [-0.15, -0.1) is 0 Å². The Kier molecular flexibility index (Phi) is 6.18. The highest BCUT2D eigenvalue weighted by atomic mass is 32.2. The van der Waals surface area contributed by atoms with Gasteiger partial charge in [0.1, 0.15) is 5.76 Å². The smallest absolute Gasteiger partial charge is 0.318 e. The van der Waals surface area contributed by atoms with Crippen molar-refractivity contribution in [3.63, 3.8) is 0 Å². The van der Waals surface area contributed by atoms with Gasteiger partial charge in [0.05, 0.1) is 17.6 Å². The number of carbonyl (C=O) groups excluding carboxylic acids is 2. The Morgan fingerprint density at radius 3 is 2.35 bits per heavy atom. The number of carbonyl (C=O) groups is 2. The second kappa shape index (κ2) is 8.34. The van der Waals surface area contributed by atoms with Crippen molar-refractivity contribution in [1.29, 1.82) is 0 Å². The number of methoxy groups -OCH3 is 1. The lowest BCUT2D eigenvalue weighted by Gasteiger charge is -2.10. The van der Waals surface area contributed by atoms with Gasteiger partial charge in [0.25, 0.3) is 15.9 Å². The van der Waals surface area contributed by atoms with E-state index < -0.39 is 22.0 Å². The van der Waals surface area contributed by atoms with E-state index in [1.165, 1.54) is 44.5 Å². The third-order valence-corrected chi connectivity index (χ3v) is 4.78. The molecule has 0 spiro atoms. The fourth-order valence-corrected chi connectivity index (χ4v) is 3.09. The van der Waals surface area contributed by atoms with E-state index in [-0.39, 0.29) is 16.2 Å². The topological polar surface area (TPSA) is 114 Å². The Labute approximate surface area is 151 Å². The van der Waals surface area contributed by atoms with Crippen LogP contribution in [0.25, 0.3) is 0 Å². The maximum atomic E-state index is 12.4. The number of urea groups is 1. The highest BCUT2D eigenvalue weighted by Crippen LogP contribution is 2.17. The summed E-state index contributed by atoms with van der Waals surface area (Å²) in [4.78, 5) is 23.5. The van der Waals surface area contributed by atoms with Gasteiger partial charge in [0.15, 0.2) is 0 Å². The minimum Gasteiger partial charge on any atom is -0.496 e. The lowest BCUT2D eigenvalue weighted by Crippen LogP contribution is -2.32. The van der Waals surface area contributed by atoms with E-state index in [0.717, 1.165) is 0 Å². The van der Waals surface area contributed by atoms with E-state index in [9.17, 15) is 18.0 Å². The molecule has 0 saturated heterocycles. The zero-order chi connectivity index (χ0) is 19.2. The number of allylic oxidation sites excluding steroid dienone is 3. The third-order valence-electron chi connectivity index (χ3n) is 3.43. The summed E-state index contributed by atoms with van der Waals surface area (Å²) < 4.78 is 32.0. The molecule has 9 heteroatoms. The Morgan fingerprint density at radius 2 is 1.73 bits per heavy atom. The molecule has 3 N–H and O–H groups in total. The van der Waals surface area contributed by atoms with Crippen molar-refractivity contribution in [3.8, 4) is 0 Å². The van der Waals surface area contributed by atoms with Crippen LogP contribution in [0.5, 0.6) is 0 Å². The number of hydrogen-bond donors (Lipinski definition) is 3. The van der Waals surface area contributed by atoms with Crippen LogP contribution in [-0.2, 0) is 19.6 Å². The fourth-order valence-electron chi connectivity index (χ4n) is 2.12. The van der Waals surface area contributed by atoms with Gasteiger partial charge < -0.3 is 15.4 Å². The molecule has 0 aromatic heterocycles. The molecule has 0 fully saturated rings. The van der Waals surface area contributed by atoms with Crippen LogP contribution in [0, 0.1) is 0 Å². The minimum atomic E-state index is -4.08. The summed E-state index contributed by atoms with van der Waals surface area (Å²) in [5.41, 5.74) is 0.526. The van der Waals surface area contributed by atoms with Gasteiger partial charge in [-0.25, -0.2) is 17.9 Å². The number of rotatable bonds is 5. The molecule has 0 heterocycles. The molecule has 0 unspecified atom stereocenters. The standard InChI is InChI=1S/C17H19N3O5S/c1-18-17(22)19-12-8-10-13(11-9-12)26(23,24)20-16(21)14-6-4-3-5-7-15(14)25-2/h4-11H,3H2,1-2H3,(H,20,21)(H2,18,19,22). The van der Waals surface area contributed by atoms with Gasteiger partial charge in [-0.3, -0.25) is 4.79 Å². The van der Waals surface area contributed by atoms with Crippen molar-refractivity contribution in [2.24, 2.45) is 0 Å². The quantitative estimate of drug-likeness (QED) is 0.722. The van der Waals surface area contributed by atoms with Crippen molar-refractivity contribution in [2.75, 3.05) is 19.5 Å². The van der Waals surface area contributed by atoms with Crippen LogP contribution in [0.1, 0.15) is 6.42 Å². The molecule has 0 saturated carbocycles. The lowest BCUT2D eigenvalue weighted by atomic mass is 10.2. The number of anilines is 1. The summed E-state index contributed by atoms with van der Waals surface area (Å²) in [6.45, 7) is 0. The average molecular weight is 377 g/mol. The van der Waals surface area contributed by atoms with Gasteiger partial charge in [-0.05, 0) is 42.8 Å². The molecule has 1 aliphatic carbocycles. The molecule has 3 amide bonds. The Hall–Kier alpha value is -3.07. The summed E-state index contributed by atoms with van der Waals surface area (Å²) in [6.07, 6.45) is 7.25. The Bertz CT molecular complexity index is 883. The zero-order valence-corrected chi connectivity index (χ0v) is 15.1. The lowest BCUT2D eigenvalue weighted by molar-refractivity contribution is -0.115. The van der Waals surface area contributed by atoms with E-state index in [4.69, 9.17) is 4.74 Å². The van der Waals surface area contributed by atoms with E-state index in [0.29, 0.717) is 12.1 Å². The average Bonchev–Trinajstić information content (AvgIpc) is 2.87. The first-order chi connectivity index (χ1) is 12.4. The number of hydrogen-bond acceptors (Lipinski definition) is 5. The molecule has 0 atom stereocenters. The molecule has 0 radical (unpaired) electrons. The Balaban J connectivity index is 2.20. The van der Waals surface area contributed by atoms with Crippen LogP contribution in [0.2, 0.25) is 0 Å². The van der Waals surface area contributed by atoms with Gasteiger partial charge in [0.2, 0.25) is 0 Å². The fraction of sp³-hybridized carbons (Fsp3) is 0.176. The van der Waals surface area contributed by atoms with E-state index >= 15 is 0 Å². The van der Waals surface area contributed by atoms with Crippen molar-refractivity contribution in [3.05, 3.63) is 59.9 Å². The maximum Gasteiger partial charge on any atom is 0.318 e. The van der Waals surface area contributed by atoms with E-state index in [1.54, 1.807) is 18.2 Å². The van der Waals surface area contributed by atoms with Gasteiger partial charge in [-0.1, -0.05) is 12.2 Å². The van der Waals surface area contributed by atoms with Gasteiger partial charge in [0, 0.05) is 12.7 Å². The highest BCUT2D eigenvalue weighted by Gasteiger charge is 2.22. The number of nitrogens with one attached hydrogen (secondary N) is 3. The van der Waals surface area contributed by atoms with Crippen LogP contribution in [0.4, 0.5) is 10.5 Å². The first kappa shape index (κ1) is 19.3. The highest BCUT2D eigenvalue weighted by molar-refractivity contribution is 7.90. The SMILES string of the molecule is CNC(=O)Nc1ccc(S(=O)(=O)NC(=O)C2=C(OC)C=CCC=C2)cc1. The molecule has 0 aliphatic heterocycles. The normalized spacial score (nSPS) is 13.8. The number of ether oxygens (including phenoxy) is 1. The second-order valence-corrected chi connectivity index (χ2v) is 6.87. The molecule has 1 aromatic rings. The summed E-state index contributed by atoms with van der Waals surface area (Å²) in [6, 6.07) is 4.98. The maximum absolute atomic E-state index is 12.4. The van der Waals surface area contributed by atoms with Crippen LogP contribution in [-0.4, -0.2) is 34.5 Å². The van der Waals surface area contributed by atoms with Gasteiger partial charge >= 0.3 is 6.03 Å². The molecule has 2 rings (SSSR count). The zero-order valence-electron chi connectivity index (χ0n) is 14.3. The number of sulfonamides is 1. The predicted octanol–water partition coefficient (Wildman–Crippen LogP) is 1.66. The molecular weight excluding hydrogens is 358 g/mol. The molecule has 26 heavy (non-hydrogen) atoms. The van der Waals surface area contributed by atoms with Crippen LogP contribution >= 0.6 is 0 Å². The first-order valence-electron chi connectivity index (χ1n) is 7.64. The monoisotopic (exact) mass is 377 g/mol. The van der Waals surface area contributed by atoms with Crippen LogP contribution < -0.4 is 15.4 Å². The van der Waals surface area contributed by atoms with Crippen LogP contribution in [0.15, 0.2) is 64.8 Å². The molecule has 8 nitrogen and oxygen atoms in total. The molecular formula is C17H19N3O5S. The summed E-state index contributed by atoms with van der Waals surface area (Å²) in [7, 11) is -1.22. The molecule has 0 bridgehead atoms. The van der Waals surface area contributed by atoms with Crippen molar-refractivity contribution in [2.45, 2.75) is 11.3 Å². The third kappa shape index (κ3) is 4.73. The predicted molar refractivity (Wildman–Crippen MR) is 96.8 cm³/mol. The molecule has 1 aromatic carbocycles. The summed E-state index contributed by atoms with van der Waals surface area (Å²) >= 11 is 0. The van der Waals surface area contributed by atoms with Gasteiger partial charge in [-0.2, -0.15) is 0 Å².